The van der Waals surface area contributed by atoms with Gasteiger partial charge in [-0.2, -0.15) is 5.10 Å². The number of nitrogens with zero attached hydrogens (tertiary/aromatic N) is 1. The molecular weight excluding hydrogens is 334 g/mol. The second kappa shape index (κ2) is 6.54. The highest BCUT2D eigenvalue weighted by atomic mass is 32.2. The Morgan fingerprint density at radius 2 is 1.91 bits per heavy atom. The van der Waals surface area contributed by atoms with Crippen molar-refractivity contribution >= 4 is 21.4 Å². The average Bonchev–Trinajstić information content (AvgIpc) is 3.01. The Balaban J connectivity index is 1.76. The fourth-order valence-electron chi connectivity index (χ4n) is 2.74. The Labute approximate surface area is 139 Å². The zero-order valence-electron chi connectivity index (χ0n) is 12.8. The van der Waals surface area contributed by atoms with Gasteiger partial charge >= 0.3 is 0 Å². The van der Waals surface area contributed by atoms with Gasteiger partial charge in [0.1, 0.15) is 9.90 Å². The summed E-state index contributed by atoms with van der Waals surface area (Å²) in [5, 5.41) is 6.28. The maximum absolute atomic E-state index is 12.5. The Morgan fingerprint density at radius 3 is 2.57 bits per heavy atom. The molecule has 1 aliphatic carbocycles. The highest BCUT2D eigenvalue weighted by molar-refractivity contribution is 7.91. The number of aromatic amines is 1. The van der Waals surface area contributed by atoms with Gasteiger partial charge in [0.25, 0.3) is 5.56 Å². The summed E-state index contributed by atoms with van der Waals surface area (Å²) in [6, 6.07) is 6.27. The van der Waals surface area contributed by atoms with Crippen molar-refractivity contribution in [1.29, 1.82) is 0 Å². The summed E-state index contributed by atoms with van der Waals surface area (Å²) in [5.41, 5.74) is 0.272. The third-order valence-corrected chi connectivity index (χ3v) is 7.24. The molecule has 0 aromatic carbocycles. The van der Waals surface area contributed by atoms with Crippen LogP contribution in [0, 0.1) is 5.92 Å². The number of sulfonamides is 1. The molecule has 2 aromatic rings. The monoisotopic (exact) mass is 353 g/mol. The first-order valence-electron chi connectivity index (χ1n) is 7.62. The zero-order valence-corrected chi connectivity index (χ0v) is 14.4. The third kappa shape index (κ3) is 3.88. The predicted molar refractivity (Wildman–Crippen MR) is 89.9 cm³/mol. The molecule has 1 saturated carbocycles. The summed E-state index contributed by atoms with van der Waals surface area (Å²) < 4.78 is 28.1. The lowest BCUT2D eigenvalue weighted by atomic mass is 9.88. The van der Waals surface area contributed by atoms with Gasteiger partial charge in [0, 0.05) is 12.1 Å². The summed E-state index contributed by atoms with van der Waals surface area (Å²) in [7, 11) is -3.50. The van der Waals surface area contributed by atoms with Gasteiger partial charge in [-0.15, -0.1) is 11.3 Å². The summed E-state index contributed by atoms with van der Waals surface area (Å²) in [5.74, 6) is 0.676. The molecule has 8 heteroatoms. The number of aromatic nitrogens is 2. The standard InChI is InChI=1S/C15H19N3O3S2/c1-10-2-4-11(5-3-10)18-23(20,21)15-9-7-13(22-15)12-6-8-14(19)17-16-12/h6-11,18H,2-5H2,1H3,(H,17,19). The molecule has 2 N–H and O–H groups in total. The van der Waals surface area contributed by atoms with Crippen LogP contribution in [0.3, 0.4) is 0 Å². The van der Waals surface area contributed by atoms with Gasteiger partial charge in [0.2, 0.25) is 10.0 Å². The molecule has 0 saturated heterocycles. The van der Waals surface area contributed by atoms with E-state index in [0.29, 0.717) is 16.5 Å². The molecule has 0 unspecified atom stereocenters. The van der Waals surface area contributed by atoms with Crippen molar-refractivity contribution < 1.29 is 8.42 Å². The van der Waals surface area contributed by atoms with Crippen molar-refractivity contribution in [2.24, 2.45) is 5.92 Å². The minimum Gasteiger partial charge on any atom is -0.268 e. The smallest absolute Gasteiger partial charge is 0.264 e. The summed E-state index contributed by atoms with van der Waals surface area (Å²) >= 11 is 1.15. The predicted octanol–water partition coefficient (Wildman–Crippen LogP) is 2.36. The number of H-pyrrole nitrogens is 1. The normalized spacial score (nSPS) is 22.1. The second-order valence-electron chi connectivity index (χ2n) is 6.00. The van der Waals surface area contributed by atoms with Crippen LogP contribution >= 0.6 is 11.3 Å². The second-order valence-corrected chi connectivity index (χ2v) is 9.03. The Morgan fingerprint density at radius 1 is 1.17 bits per heavy atom. The number of nitrogens with one attached hydrogen (secondary N) is 2. The Hall–Kier alpha value is -1.51. The first-order chi connectivity index (χ1) is 10.9. The lowest BCUT2D eigenvalue weighted by Crippen LogP contribution is -2.36. The van der Waals surface area contributed by atoms with Crippen molar-refractivity contribution in [2.45, 2.75) is 42.9 Å². The van der Waals surface area contributed by atoms with Crippen LogP contribution in [0.1, 0.15) is 32.6 Å². The molecule has 2 aromatic heterocycles. The van der Waals surface area contributed by atoms with Gasteiger partial charge < -0.3 is 0 Å². The van der Waals surface area contributed by atoms with E-state index in [0.717, 1.165) is 37.0 Å². The SMILES string of the molecule is CC1CCC(NS(=O)(=O)c2ccc(-c3ccc(=O)[nH]n3)s2)CC1. The van der Waals surface area contributed by atoms with Gasteiger partial charge in [0.15, 0.2) is 0 Å². The largest absolute Gasteiger partial charge is 0.268 e. The molecule has 2 heterocycles. The van der Waals surface area contributed by atoms with Gasteiger partial charge in [-0.05, 0) is 49.8 Å². The van der Waals surface area contributed by atoms with E-state index in [1.165, 1.54) is 6.07 Å². The first kappa shape index (κ1) is 16.4. The van der Waals surface area contributed by atoms with E-state index < -0.39 is 10.0 Å². The maximum atomic E-state index is 12.5. The van der Waals surface area contributed by atoms with Crippen LogP contribution in [-0.2, 0) is 10.0 Å². The number of hydrogen-bond donors (Lipinski definition) is 2. The van der Waals surface area contributed by atoms with Crippen LogP contribution in [0.5, 0.6) is 0 Å². The van der Waals surface area contributed by atoms with E-state index in [9.17, 15) is 13.2 Å². The van der Waals surface area contributed by atoms with E-state index >= 15 is 0 Å². The van der Waals surface area contributed by atoms with Crippen LogP contribution < -0.4 is 10.3 Å². The molecule has 0 spiro atoms. The first-order valence-corrected chi connectivity index (χ1v) is 9.92. The summed E-state index contributed by atoms with van der Waals surface area (Å²) in [4.78, 5) is 11.7. The van der Waals surface area contributed by atoms with Crippen LogP contribution in [0.15, 0.2) is 33.3 Å². The van der Waals surface area contributed by atoms with Gasteiger partial charge in [0.05, 0.1) is 4.88 Å². The van der Waals surface area contributed by atoms with Gasteiger partial charge in [-0.25, -0.2) is 18.2 Å². The molecule has 0 aliphatic heterocycles. The molecule has 0 radical (unpaired) electrons. The lowest BCUT2D eigenvalue weighted by molar-refractivity contribution is 0.332. The van der Waals surface area contributed by atoms with E-state index in [-0.39, 0.29) is 15.8 Å². The number of hydrogen-bond acceptors (Lipinski definition) is 5. The fourth-order valence-corrected chi connectivity index (χ4v) is 5.34. The molecule has 0 atom stereocenters. The van der Waals surface area contributed by atoms with E-state index in [1.807, 2.05) is 0 Å². The van der Waals surface area contributed by atoms with Crippen molar-refractivity contribution in [1.82, 2.24) is 14.9 Å². The third-order valence-electron chi connectivity index (χ3n) is 4.12. The van der Waals surface area contributed by atoms with Gasteiger partial charge in [-0.3, -0.25) is 4.79 Å². The van der Waals surface area contributed by atoms with Crippen molar-refractivity contribution in [3.05, 3.63) is 34.6 Å². The van der Waals surface area contributed by atoms with E-state index in [2.05, 4.69) is 21.8 Å². The van der Waals surface area contributed by atoms with Crippen LogP contribution in [0.25, 0.3) is 10.6 Å². The molecular formula is C15H19N3O3S2. The molecule has 23 heavy (non-hydrogen) atoms. The fraction of sp³-hybridized carbons (Fsp3) is 0.467. The highest BCUT2D eigenvalue weighted by Gasteiger charge is 2.25. The minimum atomic E-state index is -3.50. The van der Waals surface area contributed by atoms with Crippen molar-refractivity contribution in [2.75, 3.05) is 0 Å². The minimum absolute atomic E-state index is 0.0213. The topological polar surface area (TPSA) is 91.9 Å². The molecule has 6 nitrogen and oxygen atoms in total. The maximum Gasteiger partial charge on any atom is 0.264 e. The van der Waals surface area contributed by atoms with Crippen LogP contribution in [0.2, 0.25) is 0 Å². The number of rotatable bonds is 4. The van der Waals surface area contributed by atoms with Crippen LogP contribution in [0.4, 0.5) is 0 Å². The molecule has 124 valence electrons. The lowest BCUT2D eigenvalue weighted by Gasteiger charge is -2.26. The van der Waals surface area contributed by atoms with Crippen molar-refractivity contribution in [3.63, 3.8) is 0 Å². The summed E-state index contributed by atoms with van der Waals surface area (Å²) in [6.07, 6.45) is 3.90. The Bertz CT molecular complexity index is 813. The average molecular weight is 353 g/mol. The quantitative estimate of drug-likeness (QED) is 0.882. The number of thiophene rings is 1. The molecule has 0 bridgehead atoms. The molecule has 1 fully saturated rings. The van der Waals surface area contributed by atoms with Gasteiger partial charge in [-0.1, -0.05) is 6.92 Å². The zero-order chi connectivity index (χ0) is 16.4. The Kier molecular flexibility index (Phi) is 4.65. The molecule has 3 rings (SSSR count). The van der Waals surface area contributed by atoms with Crippen LogP contribution in [-0.4, -0.2) is 24.7 Å². The van der Waals surface area contributed by atoms with Crippen molar-refractivity contribution in [3.8, 4) is 10.6 Å². The molecule has 0 amide bonds. The van der Waals surface area contributed by atoms with E-state index in [1.54, 1.807) is 18.2 Å². The highest BCUT2D eigenvalue weighted by Crippen LogP contribution is 2.30. The summed E-state index contributed by atoms with van der Waals surface area (Å²) in [6.45, 7) is 2.20. The van der Waals surface area contributed by atoms with E-state index in [4.69, 9.17) is 0 Å². The molecule has 1 aliphatic rings.